The fourth-order valence-corrected chi connectivity index (χ4v) is 2.27. The van der Waals surface area contributed by atoms with E-state index in [1.165, 1.54) is 37.9 Å². The Hall–Kier alpha value is -0.570. The molecular formula is C12H22N2O. The van der Waals surface area contributed by atoms with Crippen LogP contribution in [0.2, 0.25) is 0 Å². The van der Waals surface area contributed by atoms with Gasteiger partial charge in [0.2, 0.25) is 0 Å². The van der Waals surface area contributed by atoms with Gasteiger partial charge in [0.05, 0.1) is 11.9 Å². The van der Waals surface area contributed by atoms with Crippen LogP contribution in [-0.2, 0) is 4.74 Å². The molecule has 0 radical (unpaired) electrons. The Morgan fingerprint density at radius 2 is 2.27 bits per heavy atom. The zero-order valence-electron chi connectivity index (χ0n) is 9.50. The van der Waals surface area contributed by atoms with E-state index in [4.69, 9.17) is 4.74 Å². The smallest absolute Gasteiger partial charge is 0.0963 e. The summed E-state index contributed by atoms with van der Waals surface area (Å²) in [6.45, 7) is 3.01. The number of nitrogens with zero attached hydrogens (tertiary/aromatic N) is 1. The summed E-state index contributed by atoms with van der Waals surface area (Å²) < 4.78 is 5.59. The molecule has 3 heteroatoms. The SMILES string of the molecule is C1CCN=C(NCCC2CCCO2)CC1. The standard InChI is InChI=1S/C12H22N2O/c1-2-6-12(13-8-3-1)14-9-7-11-5-4-10-15-11/h11H,1-10H2,(H,13,14). The Morgan fingerprint density at radius 1 is 1.27 bits per heavy atom. The first-order valence-corrected chi connectivity index (χ1v) is 6.34. The van der Waals surface area contributed by atoms with E-state index in [0.29, 0.717) is 6.10 Å². The lowest BCUT2D eigenvalue weighted by Gasteiger charge is -2.11. The number of amidine groups is 1. The van der Waals surface area contributed by atoms with Crippen LogP contribution in [0.15, 0.2) is 4.99 Å². The molecule has 0 spiro atoms. The molecule has 1 saturated heterocycles. The molecule has 0 aromatic rings. The highest BCUT2D eigenvalue weighted by atomic mass is 16.5. The number of hydrogen-bond donors (Lipinski definition) is 1. The summed E-state index contributed by atoms with van der Waals surface area (Å²) in [4.78, 5) is 4.55. The van der Waals surface area contributed by atoms with Crippen LogP contribution in [0.5, 0.6) is 0 Å². The highest BCUT2D eigenvalue weighted by molar-refractivity contribution is 5.82. The van der Waals surface area contributed by atoms with Crippen LogP contribution in [0.4, 0.5) is 0 Å². The van der Waals surface area contributed by atoms with Gasteiger partial charge in [0.15, 0.2) is 0 Å². The van der Waals surface area contributed by atoms with Gasteiger partial charge in [-0.25, -0.2) is 0 Å². The van der Waals surface area contributed by atoms with Gasteiger partial charge in [0.25, 0.3) is 0 Å². The van der Waals surface area contributed by atoms with Gasteiger partial charge in [-0.2, -0.15) is 0 Å². The zero-order valence-corrected chi connectivity index (χ0v) is 9.50. The van der Waals surface area contributed by atoms with Crippen LogP contribution < -0.4 is 5.32 Å². The van der Waals surface area contributed by atoms with Crippen LogP contribution in [0, 0.1) is 0 Å². The lowest BCUT2D eigenvalue weighted by molar-refractivity contribution is 0.105. The minimum absolute atomic E-state index is 0.504. The monoisotopic (exact) mass is 210 g/mol. The van der Waals surface area contributed by atoms with E-state index in [1.807, 2.05) is 0 Å². The number of aliphatic imine (C=N–C) groups is 1. The lowest BCUT2D eigenvalue weighted by atomic mass is 10.2. The van der Waals surface area contributed by atoms with Crippen molar-refractivity contribution in [3.63, 3.8) is 0 Å². The van der Waals surface area contributed by atoms with Crippen LogP contribution in [0.1, 0.15) is 44.9 Å². The third kappa shape index (κ3) is 3.82. The van der Waals surface area contributed by atoms with Gasteiger partial charge in [0, 0.05) is 26.1 Å². The van der Waals surface area contributed by atoms with Crippen LogP contribution in [0.3, 0.4) is 0 Å². The third-order valence-corrected chi connectivity index (χ3v) is 3.19. The number of rotatable bonds is 3. The second-order valence-electron chi connectivity index (χ2n) is 4.49. The fraction of sp³-hybridized carbons (Fsp3) is 0.917. The molecule has 1 fully saturated rings. The van der Waals surface area contributed by atoms with Crippen LogP contribution in [-0.4, -0.2) is 31.6 Å². The van der Waals surface area contributed by atoms with E-state index in [1.54, 1.807) is 0 Å². The molecule has 3 nitrogen and oxygen atoms in total. The number of hydrogen-bond acceptors (Lipinski definition) is 3. The first kappa shape index (κ1) is 10.9. The van der Waals surface area contributed by atoms with Gasteiger partial charge in [-0.1, -0.05) is 6.42 Å². The van der Waals surface area contributed by atoms with Crippen molar-refractivity contribution in [1.82, 2.24) is 5.32 Å². The molecule has 1 N–H and O–H groups in total. The molecule has 2 rings (SSSR count). The van der Waals surface area contributed by atoms with E-state index in [-0.39, 0.29) is 0 Å². The largest absolute Gasteiger partial charge is 0.378 e. The lowest BCUT2D eigenvalue weighted by Crippen LogP contribution is -2.26. The zero-order chi connectivity index (χ0) is 10.3. The summed E-state index contributed by atoms with van der Waals surface area (Å²) in [6, 6.07) is 0. The van der Waals surface area contributed by atoms with Crippen molar-refractivity contribution in [1.29, 1.82) is 0 Å². The Balaban J connectivity index is 1.61. The van der Waals surface area contributed by atoms with E-state index in [2.05, 4.69) is 10.3 Å². The van der Waals surface area contributed by atoms with Gasteiger partial charge >= 0.3 is 0 Å². The molecule has 0 aromatic carbocycles. The molecule has 1 unspecified atom stereocenters. The minimum atomic E-state index is 0.504. The number of nitrogens with one attached hydrogen (secondary N) is 1. The van der Waals surface area contributed by atoms with E-state index in [9.17, 15) is 0 Å². The van der Waals surface area contributed by atoms with Crippen molar-refractivity contribution in [2.75, 3.05) is 19.7 Å². The Kier molecular flexibility index (Phi) is 4.45. The Bertz CT molecular complexity index is 210. The van der Waals surface area contributed by atoms with Gasteiger partial charge in [0.1, 0.15) is 0 Å². The van der Waals surface area contributed by atoms with E-state index in [0.717, 1.165) is 32.5 Å². The van der Waals surface area contributed by atoms with E-state index >= 15 is 0 Å². The van der Waals surface area contributed by atoms with Crippen molar-refractivity contribution < 1.29 is 4.74 Å². The summed E-state index contributed by atoms with van der Waals surface area (Å²) in [5, 5.41) is 3.46. The molecule has 86 valence electrons. The first-order valence-electron chi connectivity index (χ1n) is 6.34. The molecule has 1 atom stereocenters. The van der Waals surface area contributed by atoms with Crippen molar-refractivity contribution in [2.24, 2.45) is 4.99 Å². The number of ether oxygens (including phenoxy) is 1. The van der Waals surface area contributed by atoms with E-state index < -0.39 is 0 Å². The second kappa shape index (κ2) is 6.11. The third-order valence-electron chi connectivity index (χ3n) is 3.19. The topological polar surface area (TPSA) is 33.6 Å². The Labute approximate surface area is 92.3 Å². The van der Waals surface area contributed by atoms with Crippen LogP contribution >= 0.6 is 0 Å². The molecule has 0 aromatic heterocycles. The predicted octanol–water partition coefficient (Wildman–Crippen LogP) is 2.12. The molecular weight excluding hydrogens is 188 g/mol. The molecule has 0 amide bonds. The Morgan fingerprint density at radius 3 is 3.13 bits per heavy atom. The summed E-state index contributed by atoms with van der Waals surface area (Å²) in [5.74, 6) is 1.23. The van der Waals surface area contributed by atoms with Crippen molar-refractivity contribution in [3.8, 4) is 0 Å². The average molecular weight is 210 g/mol. The molecule has 2 aliphatic heterocycles. The average Bonchev–Trinajstić information content (AvgIpc) is 2.62. The molecule has 15 heavy (non-hydrogen) atoms. The second-order valence-corrected chi connectivity index (χ2v) is 4.49. The highest BCUT2D eigenvalue weighted by Gasteiger charge is 2.14. The van der Waals surface area contributed by atoms with Crippen molar-refractivity contribution in [2.45, 2.75) is 51.0 Å². The predicted molar refractivity (Wildman–Crippen MR) is 62.4 cm³/mol. The summed E-state index contributed by atoms with van der Waals surface area (Å²) in [7, 11) is 0. The normalized spacial score (nSPS) is 27.2. The van der Waals surface area contributed by atoms with Gasteiger partial charge in [-0.05, 0) is 32.1 Å². The van der Waals surface area contributed by atoms with Gasteiger partial charge in [-0.15, -0.1) is 0 Å². The summed E-state index contributed by atoms with van der Waals surface area (Å²) in [5.41, 5.74) is 0. The van der Waals surface area contributed by atoms with Crippen LogP contribution in [0.25, 0.3) is 0 Å². The maximum atomic E-state index is 5.59. The molecule has 2 aliphatic rings. The minimum Gasteiger partial charge on any atom is -0.378 e. The maximum Gasteiger partial charge on any atom is 0.0963 e. The fourth-order valence-electron chi connectivity index (χ4n) is 2.27. The summed E-state index contributed by atoms with van der Waals surface area (Å²) >= 11 is 0. The van der Waals surface area contributed by atoms with Gasteiger partial charge < -0.3 is 10.1 Å². The van der Waals surface area contributed by atoms with Crippen molar-refractivity contribution >= 4 is 5.84 Å². The molecule has 0 saturated carbocycles. The first-order chi connectivity index (χ1) is 7.45. The quantitative estimate of drug-likeness (QED) is 0.774. The molecule has 2 heterocycles. The maximum absolute atomic E-state index is 5.59. The molecule has 0 aliphatic carbocycles. The van der Waals surface area contributed by atoms with Crippen molar-refractivity contribution in [3.05, 3.63) is 0 Å². The summed E-state index contributed by atoms with van der Waals surface area (Å²) in [6.07, 6.45) is 9.16. The highest BCUT2D eigenvalue weighted by Crippen LogP contribution is 2.14. The molecule has 0 bridgehead atoms. The van der Waals surface area contributed by atoms with Gasteiger partial charge in [-0.3, -0.25) is 4.99 Å².